The van der Waals surface area contributed by atoms with Crippen molar-refractivity contribution in [2.75, 3.05) is 6.54 Å². The summed E-state index contributed by atoms with van der Waals surface area (Å²) in [5.74, 6) is 0.748. The van der Waals surface area contributed by atoms with E-state index in [9.17, 15) is 0 Å². The molecule has 28 heavy (non-hydrogen) atoms. The SMILES string of the molecule is C=CCNC(=C)c1nc(-c2ccc(C#N)cc2)c(Sc2ccc(Cl)cc2)n1C. The number of nitrogens with zero attached hydrogens (tertiary/aromatic N) is 3. The normalized spacial score (nSPS) is 10.3. The fourth-order valence-corrected chi connectivity index (χ4v) is 3.75. The summed E-state index contributed by atoms with van der Waals surface area (Å²) in [5, 5.41) is 13.9. The van der Waals surface area contributed by atoms with Gasteiger partial charge in [-0.1, -0.05) is 48.2 Å². The molecule has 1 aromatic heterocycles. The van der Waals surface area contributed by atoms with Gasteiger partial charge in [-0.3, -0.25) is 0 Å². The van der Waals surface area contributed by atoms with Gasteiger partial charge in [-0.2, -0.15) is 5.26 Å². The smallest absolute Gasteiger partial charge is 0.156 e. The molecule has 0 saturated heterocycles. The molecule has 0 fully saturated rings. The Labute approximate surface area is 174 Å². The largest absolute Gasteiger partial charge is 0.379 e. The maximum atomic E-state index is 9.06. The van der Waals surface area contributed by atoms with Crippen molar-refractivity contribution in [3.8, 4) is 17.3 Å². The average molecular weight is 407 g/mol. The first-order valence-corrected chi connectivity index (χ1v) is 9.77. The summed E-state index contributed by atoms with van der Waals surface area (Å²) in [6.45, 7) is 8.44. The summed E-state index contributed by atoms with van der Waals surface area (Å²) in [6.07, 6.45) is 1.78. The van der Waals surface area contributed by atoms with Crippen molar-refractivity contribution in [1.82, 2.24) is 14.9 Å². The third-order valence-corrected chi connectivity index (χ3v) is 5.51. The maximum Gasteiger partial charge on any atom is 0.156 e. The van der Waals surface area contributed by atoms with Crippen LogP contribution in [0.5, 0.6) is 0 Å². The van der Waals surface area contributed by atoms with Crippen molar-refractivity contribution in [3.63, 3.8) is 0 Å². The van der Waals surface area contributed by atoms with Crippen LogP contribution in [0, 0.1) is 11.3 Å². The first-order valence-electron chi connectivity index (χ1n) is 8.58. The molecule has 140 valence electrons. The Morgan fingerprint density at radius 2 is 1.93 bits per heavy atom. The van der Waals surface area contributed by atoms with Gasteiger partial charge in [0.1, 0.15) is 10.7 Å². The summed E-state index contributed by atoms with van der Waals surface area (Å²) < 4.78 is 2.02. The van der Waals surface area contributed by atoms with Gasteiger partial charge in [-0.15, -0.1) is 6.58 Å². The molecule has 0 atom stereocenters. The van der Waals surface area contributed by atoms with E-state index in [4.69, 9.17) is 21.8 Å². The minimum Gasteiger partial charge on any atom is -0.379 e. The van der Waals surface area contributed by atoms with Crippen LogP contribution in [0.3, 0.4) is 0 Å². The average Bonchev–Trinajstić information content (AvgIpc) is 3.04. The number of halogens is 1. The van der Waals surface area contributed by atoms with Crippen LogP contribution in [0.4, 0.5) is 0 Å². The van der Waals surface area contributed by atoms with E-state index in [1.54, 1.807) is 30.0 Å². The quantitative estimate of drug-likeness (QED) is 0.525. The molecule has 0 bridgehead atoms. The first kappa shape index (κ1) is 19.8. The van der Waals surface area contributed by atoms with Crippen molar-refractivity contribution in [3.05, 3.63) is 84.2 Å². The molecular weight excluding hydrogens is 388 g/mol. The zero-order valence-electron chi connectivity index (χ0n) is 15.4. The van der Waals surface area contributed by atoms with Crippen molar-refractivity contribution in [1.29, 1.82) is 5.26 Å². The van der Waals surface area contributed by atoms with E-state index in [1.165, 1.54) is 0 Å². The number of nitriles is 1. The maximum absolute atomic E-state index is 9.06. The van der Waals surface area contributed by atoms with Gasteiger partial charge in [-0.25, -0.2) is 4.98 Å². The highest BCUT2D eigenvalue weighted by molar-refractivity contribution is 7.99. The number of rotatable bonds is 7. The highest BCUT2D eigenvalue weighted by atomic mass is 35.5. The standard InChI is InChI=1S/C22H19ClN4S/c1-4-13-25-15(2)21-26-20(17-7-5-16(14-24)6-8-17)22(27(21)3)28-19-11-9-18(23)10-12-19/h4-12,25H,1-2,13H2,3H3. The third-order valence-electron chi connectivity index (χ3n) is 4.09. The van der Waals surface area contributed by atoms with Crippen LogP contribution in [0.2, 0.25) is 5.02 Å². The highest BCUT2D eigenvalue weighted by Gasteiger charge is 2.19. The number of hydrogen-bond donors (Lipinski definition) is 1. The van der Waals surface area contributed by atoms with Crippen LogP contribution in [0.25, 0.3) is 17.0 Å². The molecule has 6 heteroatoms. The van der Waals surface area contributed by atoms with Crippen LogP contribution < -0.4 is 5.32 Å². The van der Waals surface area contributed by atoms with Gasteiger partial charge >= 0.3 is 0 Å². The number of imidazole rings is 1. The van der Waals surface area contributed by atoms with Crippen LogP contribution >= 0.6 is 23.4 Å². The fourth-order valence-electron chi connectivity index (χ4n) is 2.65. The first-order chi connectivity index (χ1) is 13.5. The van der Waals surface area contributed by atoms with E-state index in [1.807, 2.05) is 48.0 Å². The minimum absolute atomic E-state index is 0.609. The second-order valence-electron chi connectivity index (χ2n) is 6.04. The predicted molar refractivity (Wildman–Crippen MR) is 116 cm³/mol. The van der Waals surface area contributed by atoms with E-state index >= 15 is 0 Å². The Morgan fingerprint density at radius 1 is 1.25 bits per heavy atom. The summed E-state index contributed by atoms with van der Waals surface area (Å²) >= 11 is 7.62. The van der Waals surface area contributed by atoms with E-state index in [-0.39, 0.29) is 0 Å². The van der Waals surface area contributed by atoms with E-state index in [0.717, 1.165) is 32.7 Å². The Hall–Kier alpha value is -2.94. The van der Waals surface area contributed by atoms with E-state index < -0.39 is 0 Å². The molecule has 3 aromatic rings. The summed E-state index contributed by atoms with van der Waals surface area (Å²) in [4.78, 5) is 5.89. The van der Waals surface area contributed by atoms with Gasteiger partial charge in [0.2, 0.25) is 0 Å². The van der Waals surface area contributed by atoms with Crippen molar-refractivity contribution in [2.45, 2.75) is 9.92 Å². The molecule has 0 radical (unpaired) electrons. The molecular formula is C22H19ClN4S. The lowest BCUT2D eigenvalue weighted by Crippen LogP contribution is -2.14. The lowest BCUT2D eigenvalue weighted by Gasteiger charge is -2.09. The molecule has 0 aliphatic heterocycles. The third kappa shape index (κ3) is 4.30. The molecule has 0 spiro atoms. The minimum atomic E-state index is 0.609. The number of hydrogen-bond acceptors (Lipinski definition) is 4. The topological polar surface area (TPSA) is 53.6 Å². The zero-order valence-corrected chi connectivity index (χ0v) is 17.0. The summed E-state index contributed by atoms with van der Waals surface area (Å²) in [5.41, 5.74) is 3.11. The molecule has 0 amide bonds. The summed E-state index contributed by atoms with van der Waals surface area (Å²) in [7, 11) is 1.97. The molecule has 1 N–H and O–H groups in total. The molecule has 0 aliphatic rings. The Balaban J connectivity index is 2.06. The van der Waals surface area contributed by atoms with Gasteiger partial charge in [0.05, 0.1) is 17.3 Å². The molecule has 3 rings (SSSR count). The van der Waals surface area contributed by atoms with Gasteiger partial charge in [0.15, 0.2) is 5.82 Å². The molecule has 0 unspecified atom stereocenters. The van der Waals surface area contributed by atoms with Crippen LogP contribution in [-0.4, -0.2) is 16.1 Å². The van der Waals surface area contributed by atoms with Gasteiger partial charge in [0.25, 0.3) is 0 Å². The fraction of sp³-hybridized carbons (Fsp3) is 0.0909. The molecule has 0 aliphatic carbocycles. The predicted octanol–water partition coefficient (Wildman–Crippen LogP) is 5.51. The Morgan fingerprint density at radius 3 is 2.54 bits per heavy atom. The van der Waals surface area contributed by atoms with Crippen molar-refractivity contribution >= 4 is 29.1 Å². The highest BCUT2D eigenvalue weighted by Crippen LogP contribution is 2.37. The molecule has 2 aromatic carbocycles. The van der Waals surface area contributed by atoms with Crippen molar-refractivity contribution < 1.29 is 0 Å². The van der Waals surface area contributed by atoms with Crippen molar-refractivity contribution in [2.24, 2.45) is 7.05 Å². The van der Waals surface area contributed by atoms with Gasteiger partial charge < -0.3 is 9.88 Å². The number of nitrogens with one attached hydrogen (secondary N) is 1. The second-order valence-corrected chi connectivity index (χ2v) is 7.54. The Kier molecular flexibility index (Phi) is 6.25. The number of benzene rings is 2. The second kappa shape index (κ2) is 8.83. The zero-order chi connectivity index (χ0) is 20.1. The van der Waals surface area contributed by atoms with Gasteiger partial charge in [0, 0.05) is 29.1 Å². The van der Waals surface area contributed by atoms with Crippen LogP contribution in [-0.2, 0) is 7.05 Å². The van der Waals surface area contributed by atoms with E-state index in [0.29, 0.717) is 17.1 Å². The lowest BCUT2D eigenvalue weighted by atomic mass is 10.1. The monoisotopic (exact) mass is 406 g/mol. The molecule has 1 heterocycles. The molecule has 0 saturated carbocycles. The van der Waals surface area contributed by atoms with Crippen LogP contribution in [0.1, 0.15) is 11.4 Å². The van der Waals surface area contributed by atoms with Crippen LogP contribution in [0.15, 0.2) is 77.7 Å². The molecule has 4 nitrogen and oxygen atoms in total. The summed E-state index contributed by atoms with van der Waals surface area (Å²) in [6, 6.07) is 17.3. The van der Waals surface area contributed by atoms with E-state index in [2.05, 4.69) is 24.5 Å². The lowest BCUT2D eigenvalue weighted by molar-refractivity contribution is 0.795. The number of aromatic nitrogens is 2. The Bertz CT molecular complexity index is 1040. The van der Waals surface area contributed by atoms with Gasteiger partial charge in [-0.05, 0) is 36.4 Å².